The molecular formula is C17H16Br2O2. The minimum absolute atomic E-state index is 0.132. The molecule has 0 amide bonds. The van der Waals surface area contributed by atoms with Gasteiger partial charge in [0, 0.05) is 10.9 Å². The summed E-state index contributed by atoms with van der Waals surface area (Å²) in [5, 5.41) is 0. The molecule has 0 radical (unpaired) electrons. The highest BCUT2D eigenvalue weighted by atomic mass is 79.9. The smallest absolute Gasteiger partial charge is 0.161 e. The van der Waals surface area contributed by atoms with Crippen molar-refractivity contribution in [3.05, 3.63) is 57.6 Å². The van der Waals surface area contributed by atoms with Crippen LogP contribution in [0.1, 0.15) is 27.9 Å². The van der Waals surface area contributed by atoms with Crippen LogP contribution in [-0.2, 0) is 0 Å². The summed E-state index contributed by atoms with van der Waals surface area (Å²) in [6.07, 6.45) is 0.923. The molecule has 1 heterocycles. The molecule has 0 aromatic heterocycles. The van der Waals surface area contributed by atoms with E-state index in [1.165, 1.54) is 16.7 Å². The van der Waals surface area contributed by atoms with Crippen LogP contribution >= 0.6 is 31.9 Å². The summed E-state index contributed by atoms with van der Waals surface area (Å²) in [7, 11) is 0. The van der Waals surface area contributed by atoms with E-state index < -0.39 is 0 Å². The third-order valence-electron chi connectivity index (χ3n) is 3.58. The highest BCUT2D eigenvalue weighted by Gasteiger charge is 2.17. The van der Waals surface area contributed by atoms with Gasteiger partial charge in [-0.1, -0.05) is 44.0 Å². The molecule has 2 aromatic rings. The van der Waals surface area contributed by atoms with Gasteiger partial charge in [-0.05, 0) is 47.9 Å². The highest BCUT2D eigenvalue weighted by Crippen LogP contribution is 2.39. The van der Waals surface area contributed by atoms with Gasteiger partial charge in [-0.3, -0.25) is 0 Å². The summed E-state index contributed by atoms with van der Waals surface area (Å²) in [6, 6.07) is 12.5. The van der Waals surface area contributed by atoms with Crippen molar-refractivity contribution in [2.45, 2.75) is 18.2 Å². The molecule has 0 saturated carbocycles. The minimum Gasteiger partial charge on any atom is -0.490 e. The first kappa shape index (κ1) is 14.9. The second kappa shape index (κ2) is 6.41. The van der Waals surface area contributed by atoms with Crippen molar-refractivity contribution in [1.82, 2.24) is 0 Å². The quantitative estimate of drug-likeness (QED) is 0.615. The summed E-state index contributed by atoms with van der Waals surface area (Å²) < 4.78 is 12.5. The van der Waals surface area contributed by atoms with Crippen molar-refractivity contribution in [1.29, 1.82) is 0 Å². The largest absolute Gasteiger partial charge is 0.490 e. The Morgan fingerprint density at radius 2 is 1.76 bits per heavy atom. The lowest BCUT2D eigenvalue weighted by Crippen LogP contribution is -1.98. The second-order valence-electron chi connectivity index (χ2n) is 5.12. The first-order valence-electron chi connectivity index (χ1n) is 6.95. The molecule has 0 spiro atoms. The number of benzene rings is 2. The predicted molar refractivity (Wildman–Crippen MR) is 91.7 cm³/mol. The number of hydrogen-bond donors (Lipinski definition) is 0. The summed E-state index contributed by atoms with van der Waals surface area (Å²) in [5.74, 6) is 1.67. The van der Waals surface area contributed by atoms with Crippen molar-refractivity contribution in [3.8, 4) is 11.5 Å². The third-order valence-corrected chi connectivity index (χ3v) is 5.09. The average Bonchev–Trinajstić information content (AvgIpc) is 2.73. The van der Waals surface area contributed by atoms with Crippen LogP contribution in [0.2, 0.25) is 0 Å². The summed E-state index contributed by atoms with van der Waals surface area (Å²) in [5.41, 5.74) is 3.67. The van der Waals surface area contributed by atoms with Gasteiger partial charge in [0.1, 0.15) is 0 Å². The Balaban J connectivity index is 1.96. The monoisotopic (exact) mass is 410 g/mol. The predicted octanol–water partition coefficient (Wildman–Crippen LogP) is 5.40. The SMILES string of the molecule is Cc1ccc(Br)cc1C(Br)c1ccc2c(c1)OCCCO2. The molecular weight excluding hydrogens is 396 g/mol. The topological polar surface area (TPSA) is 18.5 Å². The Hall–Kier alpha value is -1.00. The number of alkyl halides is 1. The van der Waals surface area contributed by atoms with E-state index >= 15 is 0 Å². The molecule has 0 bridgehead atoms. The van der Waals surface area contributed by atoms with Gasteiger partial charge in [-0.15, -0.1) is 0 Å². The molecule has 2 aromatic carbocycles. The molecule has 110 valence electrons. The maximum absolute atomic E-state index is 5.77. The normalized spacial score (nSPS) is 15.4. The van der Waals surface area contributed by atoms with E-state index in [9.17, 15) is 0 Å². The van der Waals surface area contributed by atoms with E-state index in [1.54, 1.807) is 0 Å². The first-order chi connectivity index (χ1) is 10.1. The zero-order valence-electron chi connectivity index (χ0n) is 11.7. The summed E-state index contributed by atoms with van der Waals surface area (Å²) in [4.78, 5) is 0.132. The van der Waals surface area contributed by atoms with Crippen molar-refractivity contribution >= 4 is 31.9 Å². The zero-order chi connectivity index (χ0) is 14.8. The number of halogens is 2. The molecule has 1 aliphatic heterocycles. The van der Waals surface area contributed by atoms with Crippen LogP contribution in [-0.4, -0.2) is 13.2 Å². The minimum atomic E-state index is 0.132. The Morgan fingerprint density at radius 3 is 2.57 bits per heavy atom. The first-order valence-corrected chi connectivity index (χ1v) is 8.65. The van der Waals surface area contributed by atoms with E-state index in [2.05, 4.69) is 69.1 Å². The van der Waals surface area contributed by atoms with Crippen LogP contribution in [0.3, 0.4) is 0 Å². The number of ether oxygens (including phenoxy) is 2. The van der Waals surface area contributed by atoms with E-state index in [-0.39, 0.29) is 4.83 Å². The van der Waals surface area contributed by atoms with Crippen LogP contribution in [0.15, 0.2) is 40.9 Å². The number of aryl methyl sites for hydroxylation is 1. The van der Waals surface area contributed by atoms with Crippen LogP contribution in [0, 0.1) is 6.92 Å². The molecule has 0 fully saturated rings. The molecule has 1 atom stereocenters. The molecule has 4 heteroatoms. The molecule has 3 rings (SSSR count). The highest BCUT2D eigenvalue weighted by molar-refractivity contribution is 9.10. The fraction of sp³-hybridized carbons (Fsp3) is 0.294. The molecule has 0 saturated heterocycles. The van der Waals surface area contributed by atoms with Gasteiger partial charge in [-0.25, -0.2) is 0 Å². The zero-order valence-corrected chi connectivity index (χ0v) is 14.9. The van der Waals surface area contributed by atoms with Crippen LogP contribution in [0.25, 0.3) is 0 Å². The van der Waals surface area contributed by atoms with Gasteiger partial charge in [0.15, 0.2) is 11.5 Å². The maximum atomic E-state index is 5.77. The van der Waals surface area contributed by atoms with E-state index in [1.807, 2.05) is 6.07 Å². The lowest BCUT2D eigenvalue weighted by Gasteiger charge is -2.16. The number of hydrogen-bond acceptors (Lipinski definition) is 2. The Bertz CT molecular complexity index is 655. The molecule has 1 aliphatic rings. The van der Waals surface area contributed by atoms with Crippen molar-refractivity contribution in [3.63, 3.8) is 0 Å². The third kappa shape index (κ3) is 3.27. The Kier molecular flexibility index (Phi) is 4.55. The van der Waals surface area contributed by atoms with Gasteiger partial charge < -0.3 is 9.47 Å². The fourth-order valence-corrected chi connectivity index (χ4v) is 3.56. The Morgan fingerprint density at radius 1 is 1.00 bits per heavy atom. The average molecular weight is 412 g/mol. The van der Waals surface area contributed by atoms with Gasteiger partial charge in [-0.2, -0.15) is 0 Å². The van der Waals surface area contributed by atoms with E-state index in [0.29, 0.717) is 6.61 Å². The van der Waals surface area contributed by atoms with Crippen molar-refractivity contribution in [2.75, 3.05) is 13.2 Å². The van der Waals surface area contributed by atoms with Gasteiger partial charge in [0.05, 0.1) is 18.0 Å². The van der Waals surface area contributed by atoms with Crippen molar-refractivity contribution in [2.24, 2.45) is 0 Å². The standard InChI is InChI=1S/C17H16Br2O2/c1-11-3-5-13(18)10-14(11)17(19)12-4-6-15-16(9-12)21-8-2-7-20-15/h3-6,9-10,17H,2,7-8H2,1H3. The lowest BCUT2D eigenvalue weighted by atomic mass is 10.0. The lowest BCUT2D eigenvalue weighted by molar-refractivity contribution is 0.297. The Labute approximate surface area is 141 Å². The van der Waals surface area contributed by atoms with Gasteiger partial charge in [0.2, 0.25) is 0 Å². The van der Waals surface area contributed by atoms with Crippen LogP contribution < -0.4 is 9.47 Å². The molecule has 0 N–H and O–H groups in total. The van der Waals surface area contributed by atoms with Crippen LogP contribution in [0.4, 0.5) is 0 Å². The molecule has 0 aliphatic carbocycles. The molecule has 21 heavy (non-hydrogen) atoms. The summed E-state index contributed by atoms with van der Waals surface area (Å²) >= 11 is 7.35. The van der Waals surface area contributed by atoms with E-state index in [4.69, 9.17) is 9.47 Å². The summed E-state index contributed by atoms with van der Waals surface area (Å²) in [6.45, 7) is 3.55. The van der Waals surface area contributed by atoms with E-state index in [0.717, 1.165) is 29.0 Å². The van der Waals surface area contributed by atoms with Gasteiger partial charge >= 0.3 is 0 Å². The second-order valence-corrected chi connectivity index (χ2v) is 6.95. The maximum Gasteiger partial charge on any atom is 0.161 e. The molecule has 1 unspecified atom stereocenters. The van der Waals surface area contributed by atoms with Crippen LogP contribution in [0.5, 0.6) is 11.5 Å². The van der Waals surface area contributed by atoms with Crippen molar-refractivity contribution < 1.29 is 9.47 Å². The number of rotatable bonds is 2. The van der Waals surface area contributed by atoms with Gasteiger partial charge in [0.25, 0.3) is 0 Å². The fourth-order valence-electron chi connectivity index (χ4n) is 2.40. The number of fused-ring (bicyclic) bond motifs is 1. The molecule has 2 nitrogen and oxygen atoms in total.